The van der Waals surface area contributed by atoms with E-state index in [1.165, 1.54) is 25.0 Å². The number of hydrogen-bond acceptors (Lipinski definition) is 4. The maximum absolute atomic E-state index is 11.4. The number of carbonyl (C=O) groups is 1. The van der Waals surface area contributed by atoms with Crippen LogP contribution in [0.1, 0.15) is 32.1 Å². The van der Waals surface area contributed by atoms with Crippen molar-refractivity contribution in [2.75, 3.05) is 25.2 Å². The van der Waals surface area contributed by atoms with Gasteiger partial charge in [0.1, 0.15) is 0 Å². The second kappa shape index (κ2) is 5.04. The summed E-state index contributed by atoms with van der Waals surface area (Å²) in [6, 6.07) is 0. The summed E-state index contributed by atoms with van der Waals surface area (Å²) in [5.41, 5.74) is 0.143. The molecule has 4 heteroatoms. The van der Waals surface area contributed by atoms with Crippen LogP contribution in [0.5, 0.6) is 0 Å². The number of hydrogen-bond donors (Lipinski definition) is 0. The van der Waals surface area contributed by atoms with E-state index in [2.05, 4.69) is 6.26 Å². The topological polar surface area (TPSA) is 35.5 Å². The van der Waals surface area contributed by atoms with Crippen LogP contribution in [0.15, 0.2) is 0 Å². The van der Waals surface area contributed by atoms with Crippen LogP contribution in [-0.4, -0.2) is 37.3 Å². The van der Waals surface area contributed by atoms with Gasteiger partial charge in [-0.3, -0.25) is 4.79 Å². The minimum Gasteiger partial charge on any atom is -0.465 e. The third-order valence-corrected chi connectivity index (χ3v) is 5.62. The van der Waals surface area contributed by atoms with Gasteiger partial charge in [-0.05, 0) is 49.5 Å². The summed E-state index contributed by atoms with van der Waals surface area (Å²) < 4.78 is 11.3. The number of carbonyl (C=O) groups excluding carboxylic acids is 1. The molecule has 4 unspecified atom stereocenters. The normalized spacial score (nSPS) is 41.8. The zero-order chi connectivity index (χ0) is 12.6. The van der Waals surface area contributed by atoms with Crippen molar-refractivity contribution in [3.05, 3.63) is 0 Å². The van der Waals surface area contributed by atoms with Crippen molar-refractivity contribution >= 4 is 17.7 Å². The lowest BCUT2D eigenvalue weighted by atomic mass is 9.71. The van der Waals surface area contributed by atoms with Crippen LogP contribution in [-0.2, 0) is 14.3 Å². The van der Waals surface area contributed by atoms with Crippen molar-refractivity contribution in [3.63, 3.8) is 0 Å². The molecule has 4 atom stereocenters. The molecule has 3 fully saturated rings. The number of esters is 1. The molecule has 0 N–H and O–H groups in total. The molecule has 2 bridgehead atoms. The average molecular weight is 270 g/mol. The average Bonchev–Trinajstić information content (AvgIpc) is 3.00. The molecule has 0 amide bonds. The Balaban J connectivity index is 1.57. The van der Waals surface area contributed by atoms with Crippen LogP contribution in [0, 0.1) is 17.3 Å². The molecule has 18 heavy (non-hydrogen) atoms. The van der Waals surface area contributed by atoms with Gasteiger partial charge in [-0.2, -0.15) is 11.8 Å². The number of cyclic esters (lactones) is 1. The minimum atomic E-state index is 0.00341. The van der Waals surface area contributed by atoms with Gasteiger partial charge in [-0.1, -0.05) is 0 Å². The summed E-state index contributed by atoms with van der Waals surface area (Å²) in [4.78, 5) is 11.4. The Labute approximate surface area is 113 Å². The van der Waals surface area contributed by atoms with Gasteiger partial charge in [-0.25, -0.2) is 0 Å². The van der Waals surface area contributed by atoms with E-state index in [0.29, 0.717) is 25.0 Å². The van der Waals surface area contributed by atoms with E-state index in [9.17, 15) is 4.79 Å². The van der Waals surface area contributed by atoms with Gasteiger partial charge in [0.05, 0.1) is 19.1 Å². The maximum atomic E-state index is 11.4. The van der Waals surface area contributed by atoms with E-state index in [4.69, 9.17) is 9.47 Å². The molecular formula is C14H22O3S. The van der Waals surface area contributed by atoms with Crippen molar-refractivity contribution in [3.8, 4) is 0 Å². The summed E-state index contributed by atoms with van der Waals surface area (Å²) >= 11 is 1.87. The molecule has 3 nitrogen and oxygen atoms in total. The van der Waals surface area contributed by atoms with Gasteiger partial charge in [0.25, 0.3) is 0 Å². The standard InChI is InChI=1S/C14H22O3S/c1-18-4-2-3-16-12-6-10-5-11(12)14(7-10)8-13(15)17-9-14/h10-12H,2-9H2,1H3. The van der Waals surface area contributed by atoms with E-state index >= 15 is 0 Å². The lowest BCUT2D eigenvalue weighted by Crippen LogP contribution is -2.38. The molecule has 0 aromatic rings. The Kier molecular flexibility index (Phi) is 3.59. The first-order valence-corrected chi connectivity index (χ1v) is 8.39. The van der Waals surface area contributed by atoms with Gasteiger partial charge < -0.3 is 9.47 Å². The molecule has 0 aromatic heterocycles. The fraction of sp³-hybridized carbons (Fsp3) is 0.929. The van der Waals surface area contributed by atoms with Crippen LogP contribution in [0.2, 0.25) is 0 Å². The Morgan fingerprint density at radius 3 is 3.06 bits per heavy atom. The zero-order valence-corrected chi connectivity index (χ0v) is 11.8. The highest BCUT2D eigenvalue weighted by Gasteiger charge is 2.59. The van der Waals surface area contributed by atoms with E-state index < -0.39 is 0 Å². The molecule has 2 aliphatic carbocycles. The van der Waals surface area contributed by atoms with Crippen LogP contribution < -0.4 is 0 Å². The molecular weight excluding hydrogens is 248 g/mol. The van der Waals surface area contributed by atoms with E-state index in [-0.39, 0.29) is 11.4 Å². The third-order valence-electron chi connectivity index (χ3n) is 4.93. The van der Waals surface area contributed by atoms with Crippen molar-refractivity contribution in [1.29, 1.82) is 0 Å². The van der Waals surface area contributed by atoms with Crippen LogP contribution >= 0.6 is 11.8 Å². The maximum Gasteiger partial charge on any atom is 0.306 e. The molecule has 3 aliphatic rings. The van der Waals surface area contributed by atoms with Crippen LogP contribution in [0.3, 0.4) is 0 Å². The quantitative estimate of drug-likeness (QED) is 0.568. The lowest BCUT2D eigenvalue weighted by Gasteiger charge is -2.36. The second-order valence-electron chi connectivity index (χ2n) is 6.10. The molecule has 102 valence electrons. The fourth-order valence-electron chi connectivity index (χ4n) is 4.24. The summed E-state index contributed by atoms with van der Waals surface area (Å²) in [6.07, 6.45) is 7.95. The number of ether oxygens (including phenoxy) is 2. The first kappa shape index (κ1) is 12.8. The molecule has 1 saturated heterocycles. The van der Waals surface area contributed by atoms with Crippen LogP contribution in [0.25, 0.3) is 0 Å². The van der Waals surface area contributed by atoms with Gasteiger partial charge in [-0.15, -0.1) is 0 Å². The highest BCUT2D eigenvalue weighted by Crippen LogP contribution is 2.60. The molecule has 2 saturated carbocycles. The monoisotopic (exact) mass is 270 g/mol. The third kappa shape index (κ3) is 2.18. The van der Waals surface area contributed by atoms with E-state index in [1.54, 1.807) is 0 Å². The van der Waals surface area contributed by atoms with Crippen molar-refractivity contribution < 1.29 is 14.3 Å². The van der Waals surface area contributed by atoms with Crippen molar-refractivity contribution in [1.82, 2.24) is 0 Å². The first-order valence-electron chi connectivity index (χ1n) is 7.00. The summed E-state index contributed by atoms with van der Waals surface area (Å²) in [6.45, 7) is 1.53. The Morgan fingerprint density at radius 2 is 2.39 bits per heavy atom. The summed E-state index contributed by atoms with van der Waals surface area (Å²) in [5, 5.41) is 0. The lowest BCUT2D eigenvalue weighted by molar-refractivity contribution is -0.137. The van der Waals surface area contributed by atoms with Crippen LogP contribution in [0.4, 0.5) is 0 Å². The molecule has 0 aromatic carbocycles. The zero-order valence-electron chi connectivity index (χ0n) is 11.0. The number of rotatable bonds is 5. The highest BCUT2D eigenvalue weighted by molar-refractivity contribution is 7.98. The summed E-state index contributed by atoms with van der Waals surface area (Å²) in [5.74, 6) is 2.52. The second-order valence-corrected chi connectivity index (χ2v) is 7.09. The van der Waals surface area contributed by atoms with E-state index in [1.807, 2.05) is 11.8 Å². The Hall–Kier alpha value is -0.220. The highest BCUT2D eigenvalue weighted by atomic mass is 32.2. The van der Waals surface area contributed by atoms with Gasteiger partial charge in [0.2, 0.25) is 0 Å². The van der Waals surface area contributed by atoms with Gasteiger partial charge >= 0.3 is 5.97 Å². The number of thioether (sulfide) groups is 1. The molecule has 1 spiro atoms. The first-order chi connectivity index (χ1) is 8.73. The SMILES string of the molecule is CSCCCOC1CC2CC1C1(COC(=O)C1)C2. The number of fused-ring (bicyclic) bond motifs is 3. The smallest absolute Gasteiger partial charge is 0.306 e. The van der Waals surface area contributed by atoms with Crippen molar-refractivity contribution in [2.45, 2.75) is 38.2 Å². The van der Waals surface area contributed by atoms with E-state index in [0.717, 1.165) is 18.9 Å². The fourth-order valence-corrected chi connectivity index (χ4v) is 4.65. The van der Waals surface area contributed by atoms with Gasteiger partial charge in [0.15, 0.2) is 0 Å². The Morgan fingerprint density at radius 1 is 1.50 bits per heavy atom. The largest absolute Gasteiger partial charge is 0.465 e. The Bertz CT molecular complexity index is 333. The van der Waals surface area contributed by atoms with Crippen molar-refractivity contribution in [2.24, 2.45) is 17.3 Å². The predicted molar refractivity (Wildman–Crippen MR) is 71.6 cm³/mol. The molecule has 0 radical (unpaired) electrons. The molecule has 3 rings (SSSR count). The predicted octanol–water partition coefficient (Wildman–Crippen LogP) is 2.49. The molecule has 1 aliphatic heterocycles. The minimum absolute atomic E-state index is 0.00341. The molecule has 1 heterocycles. The summed E-state index contributed by atoms with van der Waals surface area (Å²) in [7, 11) is 0. The van der Waals surface area contributed by atoms with Gasteiger partial charge in [0, 0.05) is 12.0 Å².